The molecule has 0 aliphatic heterocycles. The van der Waals surface area contributed by atoms with Crippen molar-refractivity contribution in [2.75, 3.05) is 7.11 Å². The fraction of sp³-hybridized carbons (Fsp3) is 0.565. The number of benzene rings is 1. The fourth-order valence-corrected chi connectivity index (χ4v) is 4.33. The van der Waals surface area contributed by atoms with E-state index in [2.05, 4.69) is 35.5 Å². The van der Waals surface area contributed by atoms with Crippen molar-refractivity contribution in [2.24, 2.45) is 5.92 Å². The SMILES string of the molecule is COC(=O)CCCc1noc(C2CC(CCc3ccccc3)C2)c1C1CC1. The number of nitrogens with zero attached hydrogens (tertiary/aromatic N) is 1. The number of methoxy groups -OCH3 is 1. The van der Waals surface area contributed by atoms with Crippen molar-refractivity contribution in [3.8, 4) is 0 Å². The molecule has 4 nitrogen and oxygen atoms in total. The third-order valence-corrected chi connectivity index (χ3v) is 6.13. The Morgan fingerprint density at radius 2 is 1.93 bits per heavy atom. The van der Waals surface area contributed by atoms with Crippen molar-refractivity contribution in [1.29, 1.82) is 0 Å². The van der Waals surface area contributed by atoms with Crippen LogP contribution in [0.2, 0.25) is 0 Å². The van der Waals surface area contributed by atoms with Crippen LogP contribution >= 0.6 is 0 Å². The number of ether oxygens (including phenoxy) is 1. The minimum absolute atomic E-state index is 0.146. The maximum atomic E-state index is 11.3. The maximum Gasteiger partial charge on any atom is 0.305 e. The summed E-state index contributed by atoms with van der Waals surface area (Å²) < 4.78 is 10.6. The molecule has 2 aliphatic carbocycles. The summed E-state index contributed by atoms with van der Waals surface area (Å²) in [6, 6.07) is 10.8. The second-order valence-corrected chi connectivity index (χ2v) is 8.17. The molecule has 0 saturated heterocycles. The summed E-state index contributed by atoms with van der Waals surface area (Å²) in [6.45, 7) is 0. The van der Waals surface area contributed by atoms with Crippen molar-refractivity contribution in [3.05, 3.63) is 52.9 Å². The average Bonchev–Trinajstić information content (AvgIpc) is 3.42. The molecule has 0 radical (unpaired) electrons. The van der Waals surface area contributed by atoms with Crippen LogP contribution in [0.5, 0.6) is 0 Å². The van der Waals surface area contributed by atoms with Crippen LogP contribution in [-0.4, -0.2) is 18.2 Å². The lowest BCUT2D eigenvalue weighted by Gasteiger charge is -2.34. The van der Waals surface area contributed by atoms with Gasteiger partial charge >= 0.3 is 5.97 Å². The van der Waals surface area contributed by atoms with Gasteiger partial charge < -0.3 is 9.26 Å². The third kappa shape index (κ3) is 4.42. The number of rotatable bonds is 9. The van der Waals surface area contributed by atoms with Gasteiger partial charge in [-0.1, -0.05) is 35.5 Å². The normalized spacial score (nSPS) is 21.7. The Labute approximate surface area is 161 Å². The molecule has 1 heterocycles. The number of carbonyl (C=O) groups is 1. The smallest absolute Gasteiger partial charge is 0.305 e. The number of hydrogen-bond acceptors (Lipinski definition) is 4. The van der Waals surface area contributed by atoms with Gasteiger partial charge in [0.1, 0.15) is 5.76 Å². The van der Waals surface area contributed by atoms with E-state index in [9.17, 15) is 4.79 Å². The summed E-state index contributed by atoms with van der Waals surface area (Å²) in [7, 11) is 1.44. The standard InChI is InChI=1S/C23H29NO3/c1-26-21(25)9-5-8-20-22(18-12-13-18)23(27-24-20)19-14-17(15-19)11-10-16-6-3-2-4-7-16/h2-4,6-7,17-19H,5,8-15H2,1H3. The lowest BCUT2D eigenvalue weighted by Crippen LogP contribution is -2.23. The van der Waals surface area contributed by atoms with Gasteiger partial charge in [0.15, 0.2) is 0 Å². The van der Waals surface area contributed by atoms with E-state index >= 15 is 0 Å². The Morgan fingerprint density at radius 1 is 1.15 bits per heavy atom. The van der Waals surface area contributed by atoms with Crippen molar-refractivity contribution < 1.29 is 14.1 Å². The van der Waals surface area contributed by atoms with E-state index in [1.54, 1.807) is 0 Å². The highest BCUT2D eigenvalue weighted by molar-refractivity contribution is 5.69. The monoisotopic (exact) mass is 367 g/mol. The van der Waals surface area contributed by atoms with Gasteiger partial charge in [0.05, 0.1) is 12.8 Å². The van der Waals surface area contributed by atoms with Crippen LogP contribution in [0, 0.1) is 5.92 Å². The van der Waals surface area contributed by atoms with E-state index in [0.29, 0.717) is 18.3 Å². The van der Waals surface area contributed by atoms with Crippen molar-refractivity contribution in [3.63, 3.8) is 0 Å². The first kappa shape index (κ1) is 18.3. The summed E-state index contributed by atoms with van der Waals surface area (Å²) in [4.78, 5) is 11.3. The van der Waals surface area contributed by atoms with Gasteiger partial charge in [-0.2, -0.15) is 0 Å². The van der Waals surface area contributed by atoms with Gasteiger partial charge in [-0.05, 0) is 68.8 Å². The van der Waals surface area contributed by atoms with E-state index in [4.69, 9.17) is 9.26 Å². The summed E-state index contributed by atoms with van der Waals surface area (Å²) in [6.07, 6.45) is 9.44. The number of aromatic nitrogens is 1. The molecule has 0 spiro atoms. The third-order valence-electron chi connectivity index (χ3n) is 6.13. The molecular weight excluding hydrogens is 338 g/mol. The molecule has 0 atom stereocenters. The lowest BCUT2D eigenvalue weighted by molar-refractivity contribution is -0.140. The number of esters is 1. The molecule has 0 bridgehead atoms. The second-order valence-electron chi connectivity index (χ2n) is 8.17. The zero-order valence-corrected chi connectivity index (χ0v) is 16.2. The molecule has 4 heteroatoms. The Bertz CT molecular complexity index is 757. The Morgan fingerprint density at radius 3 is 2.63 bits per heavy atom. The molecule has 4 rings (SSSR count). The minimum atomic E-state index is -0.146. The van der Waals surface area contributed by atoms with E-state index in [0.717, 1.165) is 30.2 Å². The van der Waals surface area contributed by atoms with Gasteiger partial charge in [0.2, 0.25) is 0 Å². The highest BCUT2D eigenvalue weighted by atomic mass is 16.5. The van der Waals surface area contributed by atoms with E-state index in [-0.39, 0.29) is 5.97 Å². The summed E-state index contributed by atoms with van der Waals surface area (Å²) in [5.41, 5.74) is 3.91. The van der Waals surface area contributed by atoms with Crippen molar-refractivity contribution in [2.45, 2.75) is 69.6 Å². The minimum Gasteiger partial charge on any atom is -0.469 e. The van der Waals surface area contributed by atoms with Crippen LogP contribution in [0.4, 0.5) is 0 Å². The molecule has 27 heavy (non-hydrogen) atoms. The van der Waals surface area contributed by atoms with Crippen molar-refractivity contribution in [1.82, 2.24) is 5.16 Å². The number of hydrogen-bond donors (Lipinski definition) is 0. The maximum absolute atomic E-state index is 11.3. The molecular formula is C23H29NO3. The van der Waals surface area contributed by atoms with E-state index < -0.39 is 0 Å². The van der Waals surface area contributed by atoms with Gasteiger partial charge in [-0.25, -0.2) is 0 Å². The molecule has 0 amide bonds. The first-order valence-electron chi connectivity index (χ1n) is 10.3. The summed E-state index contributed by atoms with van der Waals surface area (Å²) in [5, 5.41) is 4.39. The Kier molecular flexibility index (Phi) is 5.61. The molecule has 2 saturated carbocycles. The second kappa shape index (κ2) is 8.28. The largest absolute Gasteiger partial charge is 0.469 e. The molecule has 2 aromatic rings. The van der Waals surface area contributed by atoms with Crippen LogP contribution in [0.1, 0.15) is 79.4 Å². The molecule has 2 aliphatic rings. The highest BCUT2D eigenvalue weighted by Crippen LogP contribution is 2.51. The number of aryl methyl sites for hydroxylation is 2. The molecule has 1 aromatic carbocycles. The molecule has 144 valence electrons. The molecule has 2 fully saturated rings. The van der Waals surface area contributed by atoms with Gasteiger partial charge in [0, 0.05) is 17.9 Å². The Hall–Kier alpha value is -2.10. The van der Waals surface area contributed by atoms with E-state index in [1.165, 1.54) is 56.8 Å². The van der Waals surface area contributed by atoms with Crippen LogP contribution in [0.15, 0.2) is 34.9 Å². The summed E-state index contributed by atoms with van der Waals surface area (Å²) in [5.74, 6) is 2.99. The van der Waals surface area contributed by atoms with Gasteiger partial charge in [0.25, 0.3) is 0 Å². The predicted octanol–water partition coefficient (Wildman–Crippen LogP) is 5.17. The Balaban J connectivity index is 1.31. The predicted molar refractivity (Wildman–Crippen MR) is 104 cm³/mol. The van der Waals surface area contributed by atoms with Crippen LogP contribution in [0.25, 0.3) is 0 Å². The van der Waals surface area contributed by atoms with Gasteiger partial charge in [-0.3, -0.25) is 4.79 Å². The van der Waals surface area contributed by atoms with Gasteiger partial charge in [-0.15, -0.1) is 0 Å². The zero-order valence-electron chi connectivity index (χ0n) is 16.2. The number of carbonyl (C=O) groups excluding carboxylic acids is 1. The van der Waals surface area contributed by atoms with Crippen LogP contribution in [-0.2, 0) is 22.4 Å². The summed E-state index contributed by atoms with van der Waals surface area (Å²) >= 11 is 0. The van der Waals surface area contributed by atoms with E-state index in [1.807, 2.05) is 0 Å². The highest BCUT2D eigenvalue weighted by Gasteiger charge is 2.39. The molecule has 1 aromatic heterocycles. The first-order valence-corrected chi connectivity index (χ1v) is 10.3. The lowest BCUT2D eigenvalue weighted by atomic mass is 9.70. The average molecular weight is 367 g/mol. The first-order chi connectivity index (χ1) is 13.2. The van der Waals surface area contributed by atoms with Crippen LogP contribution < -0.4 is 0 Å². The zero-order chi connectivity index (χ0) is 18.6. The quantitative estimate of drug-likeness (QED) is 0.574. The topological polar surface area (TPSA) is 52.3 Å². The van der Waals surface area contributed by atoms with Crippen LogP contribution in [0.3, 0.4) is 0 Å². The van der Waals surface area contributed by atoms with Crippen molar-refractivity contribution >= 4 is 5.97 Å². The fourth-order valence-electron chi connectivity index (χ4n) is 4.33. The molecule has 0 unspecified atom stereocenters. The molecule has 0 N–H and O–H groups in total.